The number of pyridine rings is 1. The van der Waals surface area contributed by atoms with Gasteiger partial charge in [-0.1, -0.05) is 42.5 Å². The molecule has 0 atom stereocenters. The van der Waals surface area contributed by atoms with Gasteiger partial charge < -0.3 is 20.3 Å². The fraction of sp³-hybridized carbons (Fsp3) is 0.0800. The minimum absolute atomic E-state index is 0.0511. The first-order chi connectivity index (χ1) is 15.5. The molecule has 1 aromatic heterocycles. The number of para-hydroxylation sites is 2. The number of hydrogen-bond donors (Lipinski definition) is 3. The van der Waals surface area contributed by atoms with Crippen molar-refractivity contribution in [3.63, 3.8) is 0 Å². The Morgan fingerprint density at radius 3 is 2.50 bits per heavy atom. The molecule has 0 bridgehead atoms. The predicted octanol–water partition coefficient (Wildman–Crippen LogP) is 4.60. The summed E-state index contributed by atoms with van der Waals surface area (Å²) in [6.45, 7) is -0.0511. The van der Waals surface area contributed by atoms with Crippen LogP contribution in [0, 0.1) is 0 Å². The van der Waals surface area contributed by atoms with Crippen LogP contribution in [0.15, 0.2) is 79.0 Å². The summed E-state index contributed by atoms with van der Waals surface area (Å²) in [6.07, 6.45) is 1.29. The number of benzene rings is 3. The molecule has 1 amide bonds. The van der Waals surface area contributed by atoms with E-state index in [9.17, 15) is 14.7 Å². The summed E-state index contributed by atoms with van der Waals surface area (Å²) in [6, 6.07) is 22.5. The van der Waals surface area contributed by atoms with E-state index in [1.54, 1.807) is 6.07 Å². The molecular weight excluding hydrogens is 408 g/mol. The van der Waals surface area contributed by atoms with Gasteiger partial charge in [-0.15, -0.1) is 0 Å². The third-order valence-electron chi connectivity index (χ3n) is 4.87. The Morgan fingerprint density at radius 1 is 0.969 bits per heavy atom. The number of nitrogens with one attached hydrogen (secondary N) is 1. The Balaban J connectivity index is 1.64. The van der Waals surface area contributed by atoms with Gasteiger partial charge in [-0.05, 0) is 35.9 Å². The normalized spacial score (nSPS) is 10.6. The van der Waals surface area contributed by atoms with Crippen LogP contribution in [-0.2, 0) is 4.79 Å². The van der Waals surface area contributed by atoms with Crippen LogP contribution in [0.5, 0.6) is 17.2 Å². The van der Waals surface area contributed by atoms with Crippen molar-refractivity contribution in [2.24, 2.45) is 0 Å². The van der Waals surface area contributed by atoms with Gasteiger partial charge in [0.2, 0.25) is 0 Å². The Kier molecular flexibility index (Phi) is 5.98. The minimum atomic E-state index is -1.02. The number of fused-ring (bicyclic) bond motifs is 1. The molecule has 0 aliphatic rings. The molecule has 4 aromatic rings. The quantitative estimate of drug-likeness (QED) is 0.397. The molecular formula is C25H20N2O5. The van der Waals surface area contributed by atoms with E-state index in [-0.39, 0.29) is 24.4 Å². The number of carbonyl (C=O) groups excluding carboxylic acids is 1. The molecule has 4 rings (SSSR count). The van der Waals surface area contributed by atoms with E-state index in [1.807, 2.05) is 66.7 Å². The summed E-state index contributed by atoms with van der Waals surface area (Å²) in [4.78, 5) is 27.0. The summed E-state index contributed by atoms with van der Waals surface area (Å²) < 4.78 is 6.04. The van der Waals surface area contributed by atoms with Crippen molar-refractivity contribution in [2.45, 2.75) is 6.42 Å². The van der Waals surface area contributed by atoms with Gasteiger partial charge in [-0.25, -0.2) is 4.98 Å². The van der Waals surface area contributed by atoms with Gasteiger partial charge in [0.05, 0.1) is 6.42 Å². The SMILES string of the molecule is O=C(O)CCNC(=O)c1ncc2cc(-c3ccccc3Oc3ccccc3)ccc2c1O. The Hall–Kier alpha value is -4.39. The van der Waals surface area contributed by atoms with E-state index in [4.69, 9.17) is 9.84 Å². The number of carbonyl (C=O) groups is 2. The predicted molar refractivity (Wildman–Crippen MR) is 120 cm³/mol. The van der Waals surface area contributed by atoms with Crippen molar-refractivity contribution in [3.8, 4) is 28.4 Å². The van der Waals surface area contributed by atoms with E-state index in [0.29, 0.717) is 16.5 Å². The zero-order chi connectivity index (χ0) is 22.5. The molecule has 3 aromatic carbocycles. The van der Waals surface area contributed by atoms with Crippen molar-refractivity contribution in [1.29, 1.82) is 0 Å². The monoisotopic (exact) mass is 428 g/mol. The molecule has 0 saturated heterocycles. The second-order valence-corrected chi connectivity index (χ2v) is 7.07. The lowest BCUT2D eigenvalue weighted by Crippen LogP contribution is -2.26. The van der Waals surface area contributed by atoms with Crippen LogP contribution in [0.25, 0.3) is 21.9 Å². The van der Waals surface area contributed by atoms with Gasteiger partial charge in [0.15, 0.2) is 11.4 Å². The molecule has 7 heteroatoms. The number of amides is 1. The molecule has 0 spiro atoms. The number of ether oxygens (including phenoxy) is 1. The second-order valence-electron chi connectivity index (χ2n) is 7.07. The summed E-state index contributed by atoms with van der Waals surface area (Å²) in [5.41, 5.74) is 1.58. The second kappa shape index (κ2) is 9.18. The molecule has 0 saturated carbocycles. The van der Waals surface area contributed by atoms with Crippen LogP contribution >= 0.6 is 0 Å². The number of carboxylic acids is 1. The molecule has 0 unspecified atom stereocenters. The van der Waals surface area contributed by atoms with E-state index in [2.05, 4.69) is 10.3 Å². The van der Waals surface area contributed by atoms with Gasteiger partial charge >= 0.3 is 5.97 Å². The highest BCUT2D eigenvalue weighted by atomic mass is 16.5. The molecule has 0 aliphatic heterocycles. The van der Waals surface area contributed by atoms with Crippen LogP contribution in [0.1, 0.15) is 16.9 Å². The molecule has 160 valence electrons. The number of carboxylic acid groups (broad SMARTS) is 1. The van der Waals surface area contributed by atoms with E-state index >= 15 is 0 Å². The maximum Gasteiger partial charge on any atom is 0.305 e. The van der Waals surface area contributed by atoms with Crippen molar-refractivity contribution in [2.75, 3.05) is 6.54 Å². The average molecular weight is 428 g/mol. The standard InChI is InChI=1S/C25H20N2O5/c28-22(29)12-13-26-25(31)23-24(30)20-11-10-16(14-17(20)15-27-23)19-8-4-5-9-21(19)32-18-6-2-1-3-7-18/h1-11,14-15,30H,12-13H2,(H,26,31)(H,28,29). The lowest BCUT2D eigenvalue weighted by molar-refractivity contribution is -0.136. The Bertz CT molecular complexity index is 1290. The van der Waals surface area contributed by atoms with Gasteiger partial charge in [0, 0.05) is 29.1 Å². The summed E-state index contributed by atoms with van der Waals surface area (Å²) >= 11 is 0. The highest BCUT2D eigenvalue weighted by Crippen LogP contribution is 2.36. The van der Waals surface area contributed by atoms with Gasteiger partial charge in [0.1, 0.15) is 11.5 Å². The van der Waals surface area contributed by atoms with Gasteiger partial charge in [-0.2, -0.15) is 0 Å². The van der Waals surface area contributed by atoms with Gasteiger partial charge in [0.25, 0.3) is 5.91 Å². The number of aliphatic carboxylic acids is 1. The van der Waals surface area contributed by atoms with Crippen molar-refractivity contribution < 1.29 is 24.5 Å². The van der Waals surface area contributed by atoms with Crippen LogP contribution in [0.2, 0.25) is 0 Å². The molecule has 1 heterocycles. The van der Waals surface area contributed by atoms with E-state index in [0.717, 1.165) is 16.9 Å². The smallest absolute Gasteiger partial charge is 0.305 e. The lowest BCUT2D eigenvalue weighted by atomic mass is 10.0. The number of nitrogens with zero attached hydrogens (tertiary/aromatic N) is 1. The van der Waals surface area contributed by atoms with E-state index < -0.39 is 11.9 Å². The number of rotatable bonds is 7. The molecule has 3 N–H and O–H groups in total. The first kappa shape index (κ1) is 20.9. The molecule has 0 fully saturated rings. The topological polar surface area (TPSA) is 109 Å². The lowest BCUT2D eigenvalue weighted by Gasteiger charge is -2.13. The number of hydrogen-bond acceptors (Lipinski definition) is 5. The molecule has 32 heavy (non-hydrogen) atoms. The fourth-order valence-corrected chi connectivity index (χ4v) is 3.32. The fourth-order valence-electron chi connectivity index (χ4n) is 3.32. The molecule has 0 aliphatic carbocycles. The highest BCUT2D eigenvalue weighted by molar-refractivity contribution is 6.02. The Labute approximate surface area is 183 Å². The molecule has 0 radical (unpaired) electrons. The van der Waals surface area contributed by atoms with Crippen molar-refractivity contribution >= 4 is 22.6 Å². The first-order valence-electron chi connectivity index (χ1n) is 9.97. The average Bonchev–Trinajstić information content (AvgIpc) is 2.80. The van der Waals surface area contributed by atoms with E-state index in [1.165, 1.54) is 6.20 Å². The third-order valence-corrected chi connectivity index (χ3v) is 4.87. The zero-order valence-corrected chi connectivity index (χ0v) is 17.0. The van der Waals surface area contributed by atoms with Crippen LogP contribution in [-0.4, -0.2) is 33.6 Å². The first-order valence-corrected chi connectivity index (χ1v) is 9.97. The summed E-state index contributed by atoms with van der Waals surface area (Å²) in [7, 11) is 0. The van der Waals surface area contributed by atoms with Crippen LogP contribution in [0.4, 0.5) is 0 Å². The Morgan fingerprint density at radius 2 is 1.72 bits per heavy atom. The maximum absolute atomic E-state index is 12.3. The summed E-state index contributed by atoms with van der Waals surface area (Å²) in [5.74, 6) is -0.500. The maximum atomic E-state index is 12.3. The van der Waals surface area contributed by atoms with Gasteiger partial charge in [-0.3, -0.25) is 9.59 Å². The minimum Gasteiger partial charge on any atom is -0.505 e. The molecule has 7 nitrogen and oxygen atoms in total. The van der Waals surface area contributed by atoms with Crippen molar-refractivity contribution in [3.05, 3.63) is 84.7 Å². The van der Waals surface area contributed by atoms with Crippen molar-refractivity contribution in [1.82, 2.24) is 10.3 Å². The number of aromatic hydroxyl groups is 1. The highest BCUT2D eigenvalue weighted by Gasteiger charge is 2.17. The number of aromatic nitrogens is 1. The van der Waals surface area contributed by atoms with Crippen LogP contribution < -0.4 is 10.1 Å². The largest absolute Gasteiger partial charge is 0.505 e. The summed E-state index contributed by atoms with van der Waals surface area (Å²) in [5, 5.41) is 22.8. The zero-order valence-electron chi connectivity index (χ0n) is 17.0. The third kappa shape index (κ3) is 4.52. The van der Waals surface area contributed by atoms with Crippen LogP contribution in [0.3, 0.4) is 0 Å².